The molecule has 0 radical (unpaired) electrons. The van der Waals surface area contributed by atoms with Crippen LogP contribution in [0, 0.1) is 0 Å². The lowest BCUT2D eigenvalue weighted by molar-refractivity contribution is 0.180. The monoisotopic (exact) mass is 370 g/mol. The molecule has 0 spiro atoms. The number of rotatable bonds is 22. The molecule has 0 aliphatic heterocycles. The van der Waals surface area contributed by atoms with Gasteiger partial charge in [-0.05, 0) is 19.8 Å². The Bertz CT molecular complexity index is 240. The van der Waals surface area contributed by atoms with Gasteiger partial charge in [0, 0.05) is 6.61 Å². The van der Waals surface area contributed by atoms with Crippen LogP contribution in [0.15, 0.2) is 0 Å². The zero-order chi connectivity index (χ0) is 19.1. The summed E-state index contributed by atoms with van der Waals surface area (Å²) in [6, 6.07) is 0. The fraction of sp³-hybridized carbons (Fsp3) is 1.00. The van der Waals surface area contributed by atoms with E-state index in [4.69, 9.17) is 5.11 Å². The summed E-state index contributed by atoms with van der Waals surface area (Å²) in [5, 5.41) is 17.9. The van der Waals surface area contributed by atoms with Crippen molar-refractivity contribution in [2.75, 3.05) is 6.61 Å². The zero-order valence-corrected chi connectivity index (χ0v) is 18.0. The molecular weight excluding hydrogens is 320 g/mol. The Hall–Kier alpha value is -0.0800. The molecular formula is C24H50O2. The summed E-state index contributed by atoms with van der Waals surface area (Å²) in [7, 11) is 0. The Morgan fingerprint density at radius 3 is 0.885 bits per heavy atom. The van der Waals surface area contributed by atoms with Gasteiger partial charge < -0.3 is 10.2 Å². The normalized spacial score (nSPS) is 12.6. The quantitative estimate of drug-likeness (QED) is 0.193. The van der Waals surface area contributed by atoms with E-state index in [1.54, 1.807) is 0 Å². The molecule has 0 aromatic heterocycles. The summed E-state index contributed by atoms with van der Waals surface area (Å²) in [5.74, 6) is 0. The highest BCUT2D eigenvalue weighted by atomic mass is 16.3. The highest BCUT2D eigenvalue weighted by Gasteiger charge is 1.97. The molecule has 0 saturated carbocycles. The molecule has 158 valence electrons. The number of hydrogen-bond acceptors (Lipinski definition) is 2. The van der Waals surface area contributed by atoms with E-state index in [0.29, 0.717) is 6.61 Å². The number of hydrogen-bond donors (Lipinski definition) is 2. The molecule has 0 amide bonds. The van der Waals surface area contributed by atoms with Crippen molar-refractivity contribution in [3.05, 3.63) is 0 Å². The molecule has 0 bridgehead atoms. The third-order valence-corrected chi connectivity index (χ3v) is 5.53. The molecule has 2 heteroatoms. The van der Waals surface area contributed by atoms with Gasteiger partial charge in [0.25, 0.3) is 0 Å². The summed E-state index contributed by atoms with van der Waals surface area (Å²) < 4.78 is 0. The number of unbranched alkanes of at least 4 members (excludes halogenated alkanes) is 19. The predicted molar refractivity (Wildman–Crippen MR) is 116 cm³/mol. The van der Waals surface area contributed by atoms with Crippen molar-refractivity contribution in [2.45, 2.75) is 148 Å². The lowest BCUT2D eigenvalue weighted by atomic mass is 10.0. The topological polar surface area (TPSA) is 40.5 Å². The Morgan fingerprint density at radius 2 is 0.654 bits per heavy atom. The van der Waals surface area contributed by atoms with Gasteiger partial charge in [-0.1, -0.05) is 122 Å². The molecule has 0 heterocycles. The fourth-order valence-electron chi connectivity index (χ4n) is 3.73. The van der Waals surface area contributed by atoms with Gasteiger partial charge in [0.2, 0.25) is 0 Å². The standard InChI is InChI=1S/C24H50O2/c1-24(26)22-20-18-16-14-12-10-8-6-4-2-3-5-7-9-11-13-15-17-19-21-23-25/h24-26H,2-23H2,1H3. The maximum atomic E-state index is 9.20. The van der Waals surface area contributed by atoms with Crippen molar-refractivity contribution in [2.24, 2.45) is 0 Å². The summed E-state index contributed by atoms with van der Waals surface area (Å²) in [6.07, 6.45) is 28.1. The molecule has 0 saturated heterocycles. The van der Waals surface area contributed by atoms with Gasteiger partial charge in [0.15, 0.2) is 0 Å². The van der Waals surface area contributed by atoms with Gasteiger partial charge >= 0.3 is 0 Å². The average molecular weight is 371 g/mol. The summed E-state index contributed by atoms with van der Waals surface area (Å²) in [4.78, 5) is 0. The van der Waals surface area contributed by atoms with Gasteiger partial charge in [-0.3, -0.25) is 0 Å². The van der Waals surface area contributed by atoms with Gasteiger partial charge in [-0.15, -0.1) is 0 Å². The molecule has 0 aromatic rings. The second kappa shape index (κ2) is 23.0. The van der Waals surface area contributed by atoms with Crippen LogP contribution in [0.1, 0.15) is 142 Å². The van der Waals surface area contributed by atoms with Crippen molar-refractivity contribution < 1.29 is 10.2 Å². The van der Waals surface area contributed by atoms with E-state index in [1.807, 2.05) is 6.92 Å². The molecule has 2 N–H and O–H groups in total. The van der Waals surface area contributed by atoms with Gasteiger partial charge in [0.1, 0.15) is 0 Å². The smallest absolute Gasteiger partial charge is 0.0512 e. The van der Waals surface area contributed by atoms with Crippen LogP contribution in [0.5, 0.6) is 0 Å². The lowest BCUT2D eigenvalue weighted by Gasteiger charge is -2.05. The van der Waals surface area contributed by atoms with Crippen LogP contribution >= 0.6 is 0 Å². The van der Waals surface area contributed by atoms with Crippen LogP contribution in [0.4, 0.5) is 0 Å². The summed E-state index contributed by atoms with van der Waals surface area (Å²) in [6.45, 7) is 2.26. The number of aliphatic hydroxyl groups excluding tert-OH is 2. The largest absolute Gasteiger partial charge is 0.396 e. The van der Waals surface area contributed by atoms with Gasteiger partial charge in [-0.2, -0.15) is 0 Å². The van der Waals surface area contributed by atoms with E-state index in [0.717, 1.165) is 12.8 Å². The molecule has 0 aromatic carbocycles. The Balaban J connectivity index is 2.97. The first-order valence-electron chi connectivity index (χ1n) is 12.1. The third-order valence-electron chi connectivity index (χ3n) is 5.53. The molecule has 1 unspecified atom stereocenters. The Kier molecular flexibility index (Phi) is 22.9. The minimum absolute atomic E-state index is 0.108. The maximum absolute atomic E-state index is 9.20. The second-order valence-electron chi connectivity index (χ2n) is 8.43. The van der Waals surface area contributed by atoms with E-state index in [2.05, 4.69) is 0 Å². The number of aliphatic hydroxyl groups is 2. The summed E-state index contributed by atoms with van der Waals surface area (Å²) >= 11 is 0. The van der Waals surface area contributed by atoms with Crippen LogP contribution in [-0.4, -0.2) is 22.9 Å². The van der Waals surface area contributed by atoms with Crippen LogP contribution in [0.2, 0.25) is 0 Å². The molecule has 1 atom stereocenters. The van der Waals surface area contributed by atoms with Crippen LogP contribution in [0.25, 0.3) is 0 Å². The van der Waals surface area contributed by atoms with Gasteiger partial charge in [-0.25, -0.2) is 0 Å². The maximum Gasteiger partial charge on any atom is 0.0512 e. The van der Waals surface area contributed by atoms with Crippen LogP contribution in [-0.2, 0) is 0 Å². The predicted octanol–water partition coefficient (Wildman–Crippen LogP) is 7.55. The van der Waals surface area contributed by atoms with Crippen LogP contribution in [0.3, 0.4) is 0 Å². The SMILES string of the molecule is CC(O)CCCCCCCCCCCCCCCCCCCCCCO. The molecule has 2 nitrogen and oxygen atoms in total. The minimum Gasteiger partial charge on any atom is -0.396 e. The van der Waals surface area contributed by atoms with Crippen molar-refractivity contribution in [3.63, 3.8) is 0 Å². The lowest BCUT2D eigenvalue weighted by Crippen LogP contribution is -1.98. The van der Waals surface area contributed by atoms with Crippen molar-refractivity contribution in [1.29, 1.82) is 0 Å². The Labute approximate surface area is 165 Å². The molecule has 0 aliphatic carbocycles. The first-order chi connectivity index (χ1) is 12.8. The van der Waals surface area contributed by atoms with Crippen molar-refractivity contribution >= 4 is 0 Å². The van der Waals surface area contributed by atoms with Gasteiger partial charge in [0.05, 0.1) is 6.10 Å². The van der Waals surface area contributed by atoms with Crippen LogP contribution < -0.4 is 0 Å². The molecule has 0 fully saturated rings. The summed E-state index contributed by atoms with van der Waals surface area (Å²) in [5.41, 5.74) is 0. The van der Waals surface area contributed by atoms with E-state index < -0.39 is 0 Å². The van der Waals surface area contributed by atoms with Crippen molar-refractivity contribution in [1.82, 2.24) is 0 Å². The zero-order valence-electron chi connectivity index (χ0n) is 18.0. The third kappa shape index (κ3) is 23.9. The molecule has 0 rings (SSSR count). The van der Waals surface area contributed by atoms with E-state index in [9.17, 15) is 5.11 Å². The first kappa shape index (κ1) is 25.9. The second-order valence-corrected chi connectivity index (χ2v) is 8.43. The van der Waals surface area contributed by atoms with E-state index in [1.165, 1.54) is 122 Å². The van der Waals surface area contributed by atoms with E-state index in [-0.39, 0.29) is 6.10 Å². The Morgan fingerprint density at radius 1 is 0.423 bits per heavy atom. The molecule has 26 heavy (non-hydrogen) atoms. The highest BCUT2D eigenvalue weighted by molar-refractivity contribution is 4.52. The average Bonchev–Trinajstić information content (AvgIpc) is 2.62. The first-order valence-corrected chi connectivity index (χ1v) is 12.1. The van der Waals surface area contributed by atoms with Crippen molar-refractivity contribution in [3.8, 4) is 0 Å². The fourth-order valence-corrected chi connectivity index (χ4v) is 3.73. The highest BCUT2D eigenvalue weighted by Crippen LogP contribution is 2.15. The van der Waals surface area contributed by atoms with E-state index >= 15 is 0 Å². The molecule has 0 aliphatic rings. The minimum atomic E-state index is -0.108.